The first-order valence-electron chi connectivity index (χ1n) is 11.0. The summed E-state index contributed by atoms with van der Waals surface area (Å²) in [6.45, 7) is 4.14. The Bertz CT molecular complexity index is 584. The number of hydrogen-bond acceptors (Lipinski definition) is 6. The van der Waals surface area contributed by atoms with Crippen LogP contribution in [-0.4, -0.2) is 29.7 Å². The van der Waals surface area contributed by atoms with E-state index in [1.54, 1.807) is 0 Å². The van der Waals surface area contributed by atoms with E-state index in [0.717, 1.165) is 57.8 Å². The van der Waals surface area contributed by atoms with Crippen molar-refractivity contribution in [2.45, 2.75) is 115 Å². The van der Waals surface area contributed by atoms with E-state index in [4.69, 9.17) is 0 Å². The molecule has 2 unspecified atom stereocenters. The maximum Gasteiger partial charge on any atom is 1.00 e. The summed E-state index contributed by atoms with van der Waals surface area (Å²) in [6, 6.07) is 0. The van der Waals surface area contributed by atoms with Gasteiger partial charge in [0.1, 0.15) is 4.75 Å². The monoisotopic (exact) mass is 480 g/mol. The molecule has 0 bridgehead atoms. The number of rotatable bonds is 19. The van der Waals surface area contributed by atoms with Crippen molar-refractivity contribution in [1.82, 2.24) is 0 Å². The Hall–Kier alpha value is 0.850. The van der Waals surface area contributed by atoms with Crippen molar-refractivity contribution in [2.75, 3.05) is 0 Å². The smallest absolute Gasteiger partial charge is 0.550 e. The van der Waals surface area contributed by atoms with Gasteiger partial charge < -0.3 is 19.8 Å². The third-order valence-corrected chi connectivity index (χ3v) is 7.31. The number of carbonyl (C=O) groups excluding carboxylic acids is 2. The zero-order chi connectivity index (χ0) is 22.3. The molecule has 0 aromatic heterocycles. The summed E-state index contributed by atoms with van der Waals surface area (Å²) in [7, 11) is -5.07. The molecule has 0 aliphatic rings. The standard InChI is InChI=1S/C21H40O7S.2Na/c1-3-5-7-9-11-13-15-18(17-19(22)23)21(20(24)25,29(26,27)28)16-14-12-10-8-6-4-2;;/h18H,3-17H2,1-2H3,(H,22,23)(H,24,25)(H,26,27,28);;/q;2*+1/p-2. The first-order chi connectivity index (χ1) is 13.6. The van der Waals surface area contributed by atoms with Crippen LogP contribution in [0.4, 0.5) is 0 Å². The van der Waals surface area contributed by atoms with E-state index < -0.39 is 39.1 Å². The summed E-state index contributed by atoms with van der Waals surface area (Å²) in [4.78, 5) is 23.2. The Balaban J connectivity index is -0.00000392. The van der Waals surface area contributed by atoms with Crippen LogP contribution in [0.5, 0.6) is 0 Å². The molecule has 0 saturated carbocycles. The van der Waals surface area contributed by atoms with E-state index in [-0.39, 0.29) is 78.4 Å². The summed E-state index contributed by atoms with van der Waals surface area (Å²) in [5.74, 6) is -4.74. The van der Waals surface area contributed by atoms with Gasteiger partial charge in [-0.1, -0.05) is 90.9 Å². The molecule has 0 heterocycles. The maximum atomic E-state index is 12.2. The fraction of sp³-hybridized carbons (Fsp3) is 0.905. The fourth-order valence-corrected chi connectivity index (χ4v) is 5.19. The zero-order valence-electron chi connectivity index (χ0n) is 20.0. The predicted molar refractivity (Wildman–Crippen MR) is 108 cm³/mol. The van der Waals surface area contributed by atoms with Crippen LogP contribution in [0.1, 0.15) is 110 Å². The summed E-state index contributed by atoms with van der Waals surface area (Å²) in [5, 5.41) is 23.2. The first-order valence-corrected chi connectivity index (χ1v) is 12.5. The molecule has 0 fully saturated rings. The fourth-order valence-electron chi connectivity index (χ4n) is 3.96. The van der Waals surface area contributed by atoms with Gasteiger partial charge in [-0.3, -0.25) is 4.55 Å². The number of carboxylic acids is 2. The van der Waals surface area contributed by atoms with Crippen LogP contribution in [0, 0.1) is 5.92 Å². The van der Waals surface area contributed by atoms with Crippen molar-refractivity contribution < 1.29 is 91.9 Å². The second-order valence-electron chi connectivity index (χ2n) is 8.00. The van der Waals surface area contributed by atoms with E-state index in [1.165, 1.54) is 0 Å². The first kappa shape index (κ1) is 36.4. The van der Waals surface area contributed by atoms with Gasteiger partial charge in [0.25, 0.3) is 10.1 Å². The van der Waals surface area contributed by atoms with Crippen molar-refractivity contribution in [2.24, 2.45) is 5.92 Å². The van der Waals surface area contributed by atoms with Crippen molar-refractivity contribution >= 4 is 22.1 Å². The van der Waals surface area contributed by atoms with Crippen LogP contribution >= 0.6 is 0 Å². The Labute approximate surface area is 232 Å². The van der Waals surface area contributed by atoms with Crippen molar-refractivity contribution in [3.8, 4) is 0 Å². The van der Waals surface area contributed by atoms with Crippen molar-refractivity contribution in [1.29, 1.82) is 0 Å². The van der Waals surface area contributed by atoms with E-state index in [0.29, 0.717) is 12.8 Å². The number of unbranched alkanes of at least 4 members (excludes halogenated alkanes) is 10. The van der Waals surface area contributed by atoms with Crippen LogP contribution in [-0.2, 0) is 19.7 Å². The molecular formula is C21H38Na2O7S. The molecule has 1 N–H and O–H groups in total. The molecule has 0 spiro atoms. The number of aliphatic carboxylic acids is 2. The van der Waals surface area contributed by atoms with E-state index >= 15 is 0 Å². The molecule has 0 saturated heterocycles. The number of carboxylic acid groups (broad SMARTS) is 2. The SMILES string of the molecule is CCCCCCCCC(CC(=O)[O-])C(CCCCCCCC)(C(=O)[O-])S(=O)(=O)O.[Na+].[Na+]. The minimum Gasteiger partial charge on any atom is -0.550 e. The molecule has 0 aromatic carbocycles. The minimum absolute atomic E-state index is 0. The van der Waals surface area contributed by atoms with Gasteiger partial charge in [0.2, 0.25) is 0 Å². The molecule has 0 rings (SSSR count). The van der Waals surface area contributed by atoms with Crippen molar-refractivity contribution in [3.05, 3.63) is 0 Å². The Morgan fingerprint density at radius 1 is 0.806 bits per heavy atom. The summed E-state index contributed by atoms with van der Waals surface area (Å²) in [5.41, 5.74) is 0. The quantitative estimate of drug-likeness (QED) is 0.116. The summed E-state index contributed by atoms with van der Waals surface area (Å²) < 4.78 is 31.6. The molecule has 172 valence electrons. The molecule has 0 amide bonds. The molecule has 31 heavy (non-hydrogen) atoms. The summed E-state index contributed by atoms with van der Waals surface area (Å²) in [6.07, 6.45) is 9.03. The number of carbonyl (C=O) groups is 2. The van der Waals surface area contributed by atoms with Crippen LogP contribution in [0.15, 0.2) is 0 Å². The molecule has 2 atom stereocenters. The minimum atomic E-state index is -5.07. The molecule has 0 aromatic rings. The van der Waals surface area contributed by atoms with Crippen LogP contribution < -0.4 is 69.3 Å². The molecule has 7 nitrogen and oxygen atoms in total. The van der Waals surface area contributed by atoms with Crippen LogP contribution in [0.2, 0.25) is 0 Å². The second kappa shape index (κ2) is 20.2. The normalized spacial score (nSPS) is 14.0. The molecule has 0 radical (unpaired) electrons. The van der Waals surface area contributed by atoms with Gasteiger partial charge in [0, 0.05) is 5.97 Å². The second-order valence-corrected chi connectivity index (χ2v) is 9.68. The topological polar surface area (TPSA) is 135 Å². The van der Waals surface area contributed by atoms with E-state index in [2.05, 4.69) is 13.8 Å². The zero-order valence-corrected chi connectivity index (χ0v) is 24.8. The Morgan fingerprint density at radius 2 is 1.23 bits per heavy atom. The predicted octanol–water partition coefficient (Wildman–Crippen LogP) is -3.37. The molecule has 0 aliphatic carbocycles. The molecule has 10 heteroatoms. The van der Waals surface area contributed by atoms with Gasteiger partial charge in [-0.25, -0.2) is 0 Å². The van der Waals surface area contributed by atoms with Gasteiger partial charge in [-0.2, -0.15) is 8.42 Å². The van der Waals surface area contributed by atoms with Gasteiger partial charge in [0.05, 0.1) is 5.97 Å². The van der Waals surface area contributed by atoms with E-state index in [9.17, 15) is 32.8 Å². The van der Waals surface area contributed by atoms with Gasteiger partial charge in [0.15, 0.2) is 0 Å². The number of hydrogen-bond donors (Lipinski definition) is 1. The van der Waals surface area contributed by atoms with Gasteiger partial charge >= 0.3 is 59.1 Å². The third kappa shape index (κ3) is 14.0. The average Bonchev–Trinajstić information content (AvgIpc) is 2.61. The maximum absolute atomic E-state index is 12.2. The van der Waals surface area contributed by atoms with Crippen LogP contribution in [0.25, 0.3) is 0 Å². The van der Waals surface area contributed by atoms with Crippen LogP contribution in [0.3, 0.4) is 0 Å². The largest absolute Gasteiger partial charge is 1.00 e. The van der Waals surface area contributed by atoms with Gasteiger partial charge in [-0.15, -0.1) is 0 Å². The molecular weight excluding hydrogens is 442 g/mol. The third-order valence-electron chi connectivity index (χ3n) is 5.69. The summed E-state index contributed by atoms with van der Waals surface area (Å²) >= 11 is 0. The van der Waals surface area contributed by atoms with Gasteiger partial charge in [-0.05, 0) is 25.2 Å². The molecule has 0 aliphatic heterocycles. The average molecular weight is 481 g/mol. The Kier molecular flexibility index (Phi) is 23.8. The van der Waals surface area contributed by atoms with Crippen molar-refractivity contribution in [3.63, 3.8) is 0 Å². The Morgan fingerprint density at radius 3 is 1.61 bits per heavy atom. The van der Waals surface area contributed by atoms with E-state index in [1.807, 2.05) is 0 Å².